The SMILES string of the molecule is CSCCC(N)C(=O)O.CSCCC(N)C(=O)[O-].O.O=C=O.O=CO[O-].[K+].[K+]. The normalized spacial score (nSPS) is 9.46. The van der Waals surface area contributed by atoms with E-state index in [9.17, 15) is 14.7 Å². The molecule has 0 spiro atoms. The molecule has 0 saturated heterocycles. The summed E-state index contributed by atoms with van der Waals surface area (Å²) in [5, 5.41) is 26.7. The summed E-state index contributed by atoms with van der Waals surface area (Å²) in [6.07, 6.45) is 5.12. The van der Waals surface area contributed by atoms with Crippen molar-refractivity contribution in [2.75, 3.05) is 24.0 Å². The van der Waals surface area contributed by atoms with Crippen LogP contribution in [-0.2, 0) is 28.9 Å². The van der Waals surface area contributed by atoms with Crippen LogP contribution in [-0.4, -0.2) is 71.2 Å². The van der Waals surface area contributed by atoms with Gasteiger partial charge in [0.05, 0.1) is 5.97 Å². The van der Waals surface area contributed by atoms with Gasteiger partial charge in [-0.05, 0) is 36.9 Å². The molecular formula is C12H24K2N2O10S2. The van der Waals surface area contributed by atoms with Crippen LogP contribution in [0.15, 0.2) is 0 Å². The van der Waals surface area contributed by atoms with Crippen molar-refractivity contribution in [2.45, 2.75) is 24.9 Å². The quantitative estimate of drug-likeness (QED) is 0.116. The van der Waals surface area contributed by atoms with E-state index in [1.807, 2.05) is 12.5 Å². The Labute approximate surface area is 256 Å². The molecule has 0 aliphatic heterocycles. The van der Waals surface area contributed by atoms with Gasteiger partial charge in [0.1, 0.15) is 6.04 Å². The third-order valence-corrected chi connectivity index (χ3v) is 3.21. The van der Waals surface area contributed by atoms with E-state index in [4.69, 9.17) is 36.2 Å². The maximum absolute atomic E-state index is 10.1. The summed E-state index contributed by atoms with van der Waals surface area (Å²) in [6, 6.07) is -1.48. The molecule has 0 aromatic heterocycles. The molecule has 0 aromatic rings. The van der Waals surface area contributed by atoms with E-state index in [1.54, 1.807) is 23.5 Å². The van der Waals surface area contributed by atoms with Crippen molar-refractivity contribution in [3.63, 3.8) is 0 Å². The fourth-order valence-corrected chi connectivity index (χ4v) is 1.71. The first-order valence-corrected chi connectivity index (χ1v) is 9.12. The molecule has 0 heterocycles. The number of aliphatic carboxylic acids is 2. The number of carboxylic acids is 2. The maximum atomic E-state index is 10.1. The van der Waals surface area contributed by atoms with Crippen LogP contribution < -0.4 is 125 Å². The Morgan fingerprint density at radius 3 is 1.57 bits per heavy atom. The van der Waals surface area contributed by atoms with Gasteiger partial charge in [-0.2, -0.15) is 33.1 Å². The van der Waals surface area contributed by atoms with E-state index in [1.165, 1.54) is 0 Å². The minimum Gasteiger partial charge on any atom is -0.662 e. The van der Waals surface area contributed by atoms with Gasteiger partial charge in [0.15, 0.2) is 0 Å². The second-order valence-corrected chi connectivity index (χ2v) is 5.68. The standard InChI is InChI=1S/2C5H11NO2S.CH2O3.CO2.2K.H2O/c2*1-9-3-2-4(6)5(7)8;2-1-4-3;2-1-3;;;/h2*4H,2-3,6H2,1H3,(H,7,8);1,3H;;;;1H2/q;;;;2*+1;/p-2. The summed E-state index contributed by atoms with van der Waals surface area (Å²) in [5.74, 6) is -0.490. The number of hydrogen-bond donors (Lipinski definition) is 3. The van der Waals surface area contributed by atoms with Gasteiger partial charge in [0.2, 0.25) is 0 Å². The second kappa shape index (κ2) is 42.7. The summed E-state index contributed by atoms with van der Waals surface area (Å²) in [5.41, 5.74) is 10.3. The number of rotatable bonds is 9. The van der Waals surface area contributed by atoms with Gasteiger partial charge in [-0.1, -0.05) is 0 Å². The molecule has 16 heteroatoms. The third-order valence-electron chi connectivity index (χ3n) is 1.93. The molecule has 0 aliphatic rings. The Hall–Kier alpha value is 1.60. The zero-order chi connectivity index (χ0) is 20.7. The Kier molecular flexibility index (Phi) is 72.2. The van der Waals surface area contributed by atoms with E-state index in [2.05, 4.69) is 4.89 Å². The molecule has 0 aliphatic carbocycles. The number of nitrogens with two attached hydrogens (primary N) is 2. The average molecular weight is 499 g/mol. The van der Waals surface area contributed by atoms with Crippen molar-refractivity contribution in [2.24, 2.45) is 11.5 Å². The molecule has 0 rings (SSSR count). The smallest absolute Gasteiger partial charge is 0.662 e. The summed E-state index contributed by atoms with van der Waals surface area (Å²) < 4.78 is 0. The fourth-order valence-electron chi connectivity index (χ4n) is 0.731. The van der Waals surface area contributed by atoms with E-state index >= 15 is 0 Å². The van der Waals surface area contributed by atoms with Crippen molar-refractivity contribution >= 4 is 48.1 Å². The van der Waals surface area contributed by atoms with Gasteiger partial charge in [-0.15, -0.1) is 0 Å². The zero-order valence-corrected chi connectivity index (χ0v) is 24.1. The molecule has 0 fully saturated rings. The first-order valence-electron chi connectivity index (χ1n) is 6.34. The predicted octanol–water partition coefficient (Wildman–Crippen LogP) is -10.00. The first kappa shape index (κ1) is 47.4. The topological polar surface area (TPSA) is 244 Å². The van der Waals surface area contributed by atoms with Gasteiger partial charge in [-0.3, -0.25) is 9.59 Å². The molecule has 0 bridgehead atoms. The number of carbonyl (C=O) groups is 3. The third kappa shape index (κ3) is 56.4. The van der Waals surface area contributed by atoms with Gasteiger partial charge in [0, 0.05) is 6.04 Å². The van der Waals surface area contributed by atoms with Crippen molar-refractivity contribution in [3.8, 4) is 0 Å². The number of thioether (sulfide) groups is 2. The second-order valence-electron chi connectivity index (χ2n) is 3.71. The van der Waals surface area contributed by atoms with Crippen LogP contribution in [0, 0.1) is 0 Å². The number of hydrogen-bond acceptors (Lipinski definition) is 12. The maximum Gasteiger partial charge on any atom is 1.00 e. The van der Waals surface area contributed by atoms with E-state index < -0.39 is 24.0 Å². The number of carboxylic acid groups (broad SMARTS) is 2. The van der Waals surface area contributed by atoms with Gasteiger partial charge in [0.25, 0.3) is 6.47 Å². The first-order chi connectivity index (χ1) is 11.7. The summed E-state index contributed by atoms with van der Waals surface area (Å²) in [7, 11) is 0. The summed E-state index contributed by atoms with van der Waals surface area (Å²) in [6.45, 7) is -0.181. The molecule has 2 atom stereocenters. The van der Waals surface area contributed by atoms with Crippen LogP contribution in [0.25, 0.3) is 0 Å². The molecule has 28 heavy (non-hydrogen) atoms. The summed E-state index contributed by atoms with van der Waals surface area (Å²) >= 11 is 3.18. The zero-order valence-electron chi connectivity index (χ0n) is 16.2. The Morgan fingerprint density at radius 2 is 1.39 bits per heavy atom. The monoisotopic (exact) mass is 498 g/mol. The molecular weight excluding hydrogens is 474 g/mol. The Morgan fingerprint density at radius 1 is 1.11 bits per heavy atom. The Balaban J connectivity index is -0.0000000440. The predicted molar refractivity (Wildman–Crippen MR) is 90.4 cm³/mol. The van der Waals surface area contributed by atoms with Crippen LogP contribution >= 0.6 is 23.5 Å². The van der Waals surface area contributed by atoms with Crippen molar-refractivity contribution < 1.29 is 153 Å². The molecule has 12 nitrogen and oxygen atoms in total. The molecule has 2 unspecified atom stereocenters. The van der Waals surface area contributed by atoms with E-state index in [-0.39, 0.29) is 121 Å². The number of carbonyl (C=O) groups excluding carboxylic acids is 4. The molecule has 7 N–H and O–H groups in total. The minimum atomic E-state index is -1.16. The van der Waals surface area contributed by atoms with Crippen molar-refractivity contribution in [1.82, 2.24) is 0 Å². The minimum absolute atomic E-state index is 0. The molecule has 0 aromatic carbocycles. The van der Waals surface area contributed by atoms with Gasteiger partial charge < -0.3 is 42.1 Å². The molecule has 0 amide bonds. The van der Waals surface area contributed by atoms with Gasteiger partial charge >= 0.3 is 115 Å². The van der Waals surface area contributed by atoms with Crippen LogP contribution in [0.2, 0.25) is 0 Å². The van der Waals surface area contributed by atoms with Crippen molar-refractivity contribution in [3.05, 3.63) is 0 Å². The fraction of sp³-hybridized carbons (Fsp3) is 0.667. The van der Waals surface area contributed by atoms with Crippen LogP contribution in [0.3, 0.4) is 0 Å². The van der Waals surface area contributed by atoms with Crippen LogP contribution in [0.1, 0.15) is 12.8 Å². The molecule has 0 saturated carbocycles. The molecule has 0 radical (unpaired) electrons. The van der Waals surface area contributed by atoms with Crippen molar-refractivity contribution in [1.29, 1.82) is 0 Å². The Bertz CT molecular complexity index is 354. The van der Waals surface area contributed by atoms with E-state index in [0.717, 1.165) is 11.5 Å². The van der Waals surface area contributed by atoms with E-state index in [0.29, 0.717) is 12.8 Å². The van der Waals surface area contributed by atoms with Crippen LogP contribution in [0.5, 0.6) is 0 Å². The molecule has 156 valence electrons. The average Bonchev–Trinajstić information content (AvgIpc) is 2.58. The van der Waals surface area contributed by atoms with Crippen LogP contribution in [0.4, 0.5) is 0 Å². The largest absolute Gasteiger partial charge is 1.00 e. The van der Waals surface area contributed by atoms with Gasteiger partial charge in [-0.25, -0.2) is 0 Å². The summed E-state index contributed by atoms with van der Waals surface area (Å²) in [4.78, 5) is 47.5.